The molecule has 0 atom stereocenters. The van der Waals surface area contributed by atoms with Crippen LogP contribution < -0.4 is 10.2 Å². The van der Waals surface area contributed by atoms with Crippen LogP contribution in [-0.4, -0.2) is 38.5 Å². The molecule has 3 heterocycles. The smallest absolute Gasteiger partial charge is 0.294 e. The van der Waals surface area contributed by atoms with Crippen LogP contribution in [0.15, 0.2) is 55.2 Å². The molecular formula is C21H22N6O3. The minimum atomic E-state index is -0.498. The summed E-state index contributed by atoms with van der Waals surface area (Å²) >= 11 is 0. The van der Waals surface area contributed by atoms with E-state index >= 15 is 0 Å². The predicted octanol–water partition coefficient (Wildman–Crippen LogP) is 3.10. The van der Waals surface area contributed by atoms with E-state index in [9.17, 15) is 14.9 Å². The molecular weight excluding hydrogens is 384 g/mol. The molecule has 0 saturated carbocycles. The number of imidazole rings is 1. The zero-order valence-electron chi connectivity index (χ0n) is 16.4. The summed E-state index contributed by atoms with van der Waals surface area (Å²) in [5.41, 5.74) is 1.36. The number of piperidine rings is 1. The molecule has 0 unspecified atom stereocenters. The van der Waals surface area contributed by atoms with Gasteiger partial charge in [-0.25, -0.2) is 9.97 Å². The summed E-state index contributed by atoms with van der Waals surface area (Å²) in [4.78, 5) is 34.4. The van der Waals surface area contributed by atoms with Crippen molar-refractivity contribution in [1.82, 2.24) is 19.9 Å². The monoisotopic (exact) mass is 406 g/mol. The number of aromatic nitrogens is 3. The van der Waals surface area contributed by atoms with E-state index in [0.29, 0.717) is 12.2 Å². The first-order valence-corrected chi connectivity index (χ1v) is 9.87. The maximum absolute atomic E-state index is 12.7. The first-order valence-electron chi connectivity index (χ1n) is 9.87. The van der Waals surface area contributed by atoms with Gasteiger partial charge in [-0.2, -0.15) is 0 Å². The fraction of sp³-hybridized carbons (Fsp3) is 0.286. The highest BCUT2D eigenvalue weighted by Crippen LogP contribution is 2.25. The summed E-state index contributed by atoms with van der Waals surface area (Å²) in [5.74, 6) is 0.516. The van der Waals surface area contributed by atoms with Crippen molar-refractivity contribution in [2.24, 2.45) is 0 Å². The average Bonchev–Trinajstić information content (AvgIpc) is 3.32. The van der Waals surface area contributed by atoms with Crippen molar-refractivity contribution < 1.29 is 9.72 Å². The number of carbonyl (C=O) groups excluding carboxylic acids is 1. The van der Waals surface area contributed by atoms with E-state index in [1.807, 2.05) is 12.1 Å². The second-order valence-corrected chi connectivity index (χ2v) is 7.15. The van der Waals surface area contributed by atoms with Crippen molar-refractivity contribution in [3.8, 4) is 5.69 Å². The Kier molecular flexibility index (Phi) is 5.69. The van der Waals surface area contributed by atoms with Crippen LogP contribution in [0.4, 0.5) is 11.5 Å². The molecule has 3 aromatic rings. The first-order chi connectivity index (χ1) is 14.6. The van der Waals surface area contributed by atoms with Gasteiger partial charge >= 0.3 is 0 Å². The van der Waals surface area contributed by atoms with Gasteiger partial charge in [0, 0.05) is 55.4 Å². The van der Waals surface area contributed by atoms with Crippen LogP contribution in [0.25, 0.3) is 5.69 Å². The van der Waals surface area contributed by atoms with E-state index in [0.717, 1.165) is 37.3 Å². The van der Waals surface area contributed by atoms with Crippen LogP contribution in [0, 0.1) is 10.1 Å². The number of nitro groups is 1. The third-order valence-electron chi connectivity index (χ3n) is 5.18. The molecule has 9 nitrogen and oxygen atoms in total. The van der Waals surface area contributed by atoms with E-state index in [4.69, 9.17) is 0 Å². The van der Waals surface area contributed by atoms with Crippen LogP contribution in [0.2, 0.25) is 0 Å². The van der Waals surface area contributed by atoms with E-state index < -0.39 is 4.92 Å². The Hall–Kier alpha value is -3.75. The molecule has 30 heavy (non-hydrogen) atoms. The molecule has 1 saturated heterocycles. The van der Waals surface area contributed by atoms with Gasteiger partial charge in [-0.3, -0.25) is 14.9 Å². The van der Waals surface area contributed by atoms with Crippen LogP contribution in [0.3, 0.4) is 0 Å². The Balaban J connectivity index is 1.51. The summed E-state index contributed by atoms with van der Waals surface area (Å²) in [6.07, 6.45) is 9.89. The Labute approximate surface area is 173 Å². The van der Waals surface area contributed by atoms with Crippen molar-refractivity contribution in [3.05, 3.63) is 76.5 Å². The van der Waals surface area contributed by atoms with Gasteiger partial charge in [0.25, 0.3) is 11.6 Å². The number of hydrogen-bond donors (Lipinski definition) is 1. The van der Waals surface area contributed by atoms with Crippen molar-refractivity contribution in [3.63, 3.8) is 0 Å². The number of nitrogens with one attached hydrogen (secondary N) is 1. The van der Waals surface area contributed by atoms with Crippen molar-refractivity contribution in [1.29, 1.82) is 0 Å². The van der Waals surface area contributed by atoms with Crippen LogP contribution >= 0.6 is 0 Å². The molecule has 154 valence electrons. The van der Waals surface area contributed by atoms with Gasteiger partial charge in [0.2, 0.25) is 0 Å². The second kappa shape index (κ2) is 8.73. The maximum Gasteiger partial charge on any atom is 0.294 e. The Morgan fingerprint density at radius 2 is 2.00 bits per heavy atom. The van der Waals surface area contributed by atoms with Gasteiger partial charge in [-0.05, 0) is 37.5 Å². The van der Waals surface area contributed by atoms with Crippen molar-refractivity contribution in [2.75, 3.05) is 18.0 Å². The lowest BCUT2D eigenvalue weighted by molar-refractivity contribution is -0.384. The molecule has 0 bridgehead atoms. The summed E-state index contributed by atoms with van der Waals surface area (Å²) < 4.78 is 1.54. The van der Waals surface area contributed by atoms with E-state index in [2.05, 4.69) is 20.2 Å². The van der Waals surface area contributed by atoms with Gasteiger partial charge in [0.15, 0.2) is 0 Å². The van der Waals surface area contributed by atoms with Crippen molar-refractivity contribution >= 4 is 17.4 Å². The fourth-order valence-corrected chi connectivity index (χ4v) is 3.67. The number of anilines is 1. The predicted molar refractivity (Wildman–Crippen MR) is 112 cm³/mol. The van der Waals surface area contributed by atoms with E-state index in [-0.39, 0.29) is 17.2 Å². The fourth-order valence-electron chi connectivity index (χ4n) is 3.67. The number of amides is 1. The lowest BCUT2D eigenvalue weighted by atomic mass is 10.1. The highest BCUT2D eigenvalue weighted by Gasteiger charge is 2.20. The minimum absolute atomic E-state index is 0.156. The molecule has 4 rings (SSSR count). The first kappa shape index (κ1) is 19.6. The Bertz CT molecular complexity index is 1040. The lowest BCUT2D eigenvalue weighted by Crippen LogP contribution is -2.32. The molecule has 1 aromatic carbocycles. The standard InChI is InChI=1S/C21H22N6O3/c28-21(16-6-7-18(19(13-16)27(29)30)26-12-9-22-15-26)24-14-17-5-4-8-23-20(17)25-10-2-1-3-11-25/h4-9,12-13,15H,1-3,10-11,14H2,(H,24,28). The van der Waals surface area contributed by atoms with Gasteiger partial charge in [-0.15, -0.1) is 0 Å². The number of rotatable bonds is 6. The normalized spacial score (nSPS) is 13.8. The third-order valence-corrected chi connectivity index (χ3v) is 5.18. The van der Waals surface area contributed by atoms with Gasteiger partial charge < -0.3 is 14.8 Å². The molecule has 1 fully saturated rings. The lowest BCUT2D eigenvalue weighted by Gasteiger charge is -2.29. The summed E-state index contributed by atoms with van der Waals surface area (Å²) in [6.45, 7) is 2.22. The molecule has 1 amide bonds. The zero-order chi connectivity index (χ0) is 20.9. The minimum Gasteiger partial charge on any atom is -0.356 e. The van der Waals surface area contributed by atoms with E-state index in [1.165, 1.54) is 25.0 Å². The molecule has 0 radical (unpaired) electrons. The second-order valence-electron chi connectivity index (χ2n) is 7.15. The van der Waals surface area contributed by atoms with Gasteiger partial charge in [-0.1, -0.05) is 6.07 Å². The topological polar surface area (TPSA) is 106 Å². The zero-order valence-corrected chi connectivity index (χ0v) is 16.4. The SMILES string of the molecule is O=C(NCc1cccnc1N1CCCCC1)c1ccc(-n2ccnc2)c([N+](=O)[O-])c1. The Morgan fingerprint density at radius 1 is 1.17 bits per heavy atom. The summed E-state index contributed by atoms with van der Waals surface area (Å²) in [7, 11) is 0. The molecule has 0 aliphatic carbocycles. The summed E-state index contributed by atoms with van der Waals surface area (Å²) in [6, 6.07) is 8.21. The number of pyridine rings is 1. The third kappa shape index (κ3) is 4.14. The highest BCUT2D eigenvalue weighted by atomic mass is 16.6. The van der Waals surface area contributed by atoms with Crippen LogP contribution in [0.5, 0.6) is 0 Å². The largest absolute Gasteiger partial charge is 0.356 e. The number of hydrogen-bond acceptors (Lipinski definition) is 6. The van der Waals surface area contributed by atoms with Gasteiger partial charge in [0.05, 0.1) is 11.3 Å². The number of benzene rings is 1. The molecule has 2 aromatic heterocycles. The van der Waals surface area contributed by atoms with Crippen molar-refractivity contribution in [2.45, 2.75) is 25.8 Å². The van der Waals surface area contributed by atoms with Crippen LogP contribution in [0.1, 0.15) is 35.2 Å². The highest BCUT2D eigenvalue weighted by molar-refractivity contribution is 5.95. The number of nitrogens with zero attached hydrogens (tertiary/aromatic N) is 5. The number of carbonyl (C=O) groups is 1. The van der Waals surface area contributed by atoms with Crippen LogP contribution in [-0.2, 0) is 6.54 Å². The Morgan fingerprint density at radius 3 is 2.73 bits per heavy atom. The maximum atomic E-state index is 12.7. The molecule has 1 aliphatic rings. The van der Waals surface area contributed by atoms with E-state index in [1.54, 1.807) is 29.1 Å². The average molecular weight is 406 g/mol. The number of nitro benzene ring substituents is 1. The molecule has 1 N–H and O–H groups in total. The molecule has 0 spiro atoms. The molecule has 9 heteroatoms. The quantitative estimate of drug-likeness (QED) is 0.498. The molecule has 1 aliphatic heterocycles. The van der Waals surface area contributed by atoms with Gasteiger partial charge in [0.1, 0.15) is 11.5 Å². The summed E-state index contributed by atoms with van der Waals surface area (Å²) in [5, 5.41) is 14.4.